The van der Waals surface area contributed by atoms with E-state index in [1.54, 1.807) is 6.92 Å². The van der Waals surface area contributed by atoms with E-state index in [4.69, 9.17) is 5.11 Å². The maximum absolute atomic E-state index is 14.3. The van der Waals surface area contributed by atoms with Crippen molar-refractivity contribution in [2.75, 3.05) is 32.8 Å². The normalized spacial score (nSPS) is 15.7. The molecule has 23 nitrogen and oxygen atoms in total. The molecule has 0 bridgehead atoms. The van der Waals surface area contributed by atoms with Crippen LogP contribution >= 0.6 is 0 Å². The molecule has 1 rings (SSSR count). The number of unbranched alkanes of at least 4 members (excludes halogenated alkanes) is 6. The van der Waals surface area contributed by atoms with Gasteiger partial charge in [-0.1, -0.05) is 93.4 Å². The third-order valence-corrected chi connectivity index (χ3v) is 14.4. The Morgan fingerprint density at radius 2 is 1.08 bits per heavy atom. The van der Waals surface area contributed by atoms with Crippen LogP contribution in [0.25, 0.3) is 0 Å². The summed E-state index contributed by atoms with van der Waals surface area (Å²) in [6.45, 7) is 23.7. The van der Waals surface area contributed by atoms with E-state index in [2.05, 4.69) is 60.1 Å². The minimum Gasteiger partial charge on any atom is -0.395 e. The molecule has 0 aromatic heterocycles. The molecule has 0 aromatic carbocycles. The Hall–Kier alpha value is -5.71. The Morgan fingerprint density at radius 3 is 1.70 bits per heavy atom. The first-order chi connectivity index (χ1) is 39.0. The molecule has 10 amide bonds. The van der Waals surface area contributed by atoms with E-state index in [1.807, 2.05) is 41.5 Å². The summed E-state index contributed by atoms with van der Waals surface area (Å²) in [6.07, 6.45) is 10.4. The van der Waals surface area contributed by atoms with Gasteiger partial charge in [0.2, 0.25) is 59.1 Å². The zero-order chi connectivity index (χ0) is 62.9. The summed E-state index contributed by atoms with van der Waals surface area (Å²) in [6, 6.07) is -6.58. The van der Waals surface area contributed by atoms with Crippen molar-refractivity contribution >= 4 is 64.9 Å². The summed E-state index contributed by atoms with van der Waals surface area (Å²) >= 11 is 0. The molecule has 1 fully saturated rings. The predicted molar refractivity (Wildman–Crippen MR) is 320 cm³/mol. The van der Waals surface area contributed by atoms with Crippen molar-refractivity contribution in [2.45, 2.75) is 272 Å². The van der Waals surface area contributed by atoms with Crippen molar-refractivity contribution in [1.82, 2.24) is 58.1 Å². The molecule has 83 heavy (non-hydrogen) atoms. The highest BCUT2D eigenvalue weighted by molar-refractivity contribution is 6.00. The van der Waals surface area contributed by atoms with E-state index in [-0.39, 0.29) is 100.0 Å². The molecular formula is C60H109N11O12. The number of carbonyl (C=O) groups excluding carboxylic acids is 11. The van der Waals surface area contributed by atoms with Crippen LogP contribution in [0.3, 0.4) is 0 Å². The summed E-state index contributed by atoms with van der Waals surface area (Å²) < 4.78 is 0. The molecule has 1 unspecified atom stereocenters. The predicted octanol–water partition coefficient (Wildman–Crippen LogP) is 3.38. The molecule has 0 aliphatic carbocycles. The van der Waals surface area contributed by atoms with Gasteiger partial charge in [0.05, 0.1) is 6.61 Å². The van der Waals surface area contributed by atoms with Crippen molar-refractivity contribution in [3.8, 4) is 0 Å². The molecule has 0 aromatic rings. The molecule has 23 heteroatoms. The summed E-state index contributed by atoms with van der Waals surface area (Å²) in [5.41, 5.74) is -3.33. The largest absolute Gasteiger partial charge is 0.395 e. The van der Waals surface area contributed by atoms with Crippen molar-refractivity contribution in [3.05, 3.63) is 0 Å². The van der Waals surface area contributed by atoms with Crippen LogP contribution in [0.1, 0.15) is 218 Å². The van der Waals surface area contributed by atoms with Gasteiger partial charge in [-0.15, -0.1) is 0 Å². The number of ketones is 1. The SMILES string of the molecule is CCCCCCCC[C@H](NC(=O)C(C)(C)NC(=O)C(C)(C)NC(=O)[C@H](CCCC(=O)CCCC)NC(=O)C1CCCN1C(=O)CCC)C(=O)N[C@@H](CC(C)C)C(=O)N[C@@H](C)C(=O)N[C@@H](CC(C)C)C(=O)NCCC(=O)N[C@@H](C)CNCCO. The quantitative estimate of drug-likeness (QED) is 0.0391. The lowest BCUT2D eigenvalue weighted by Gasteiger charge is -2.34. The second-order valence-corrected chi connectivity index (χ2v) is 24.4. The third-order valence-electron chi connectivity index (χ3n) is 14.4. The van der Waals surface area contributed by atoms with Gasteiger partial charge in [0.25, 0.3) is 0 Å². The Labute approximate surface area is 495 Å². The summed E-state index contributed by atoms with van der Waals surface area (Å²) in [4.78, 5) is 151. The smallest absolute Gasteiger partial charge is 0.246 e. The number of rotatable bonds is 43. The standard InChI is InChI=1S/C60H109N11O12/c1-14-17-19-20-21-22-28-44(53(78)67-47(37-40(6)7)54(79)64-42(9)51(76)66-46(36-39(4)5)52(77)62-32-31-49(74)63-41(8)38-61-33-35-72)68-57(82)59(10,11)70-58(83)60(12,13)69-55(80)45(29-23-27-43(73)26-18-15-2)65-56(81)48-30-24-34-71(48)50(75)25-16-3/h39-42,44-48,61,72H,14-38H2,1-13H3,(H,62,77)(H,63,74)(H,64,79)(H,65,81)(H,66,76)(H,67,78)(H,68,82)(H,69,80)(H,70,83)/t41-,42-,44-,45-,46-,47-,48?/m0/s1. The van der Waals surface area contributed by atoms with Gasteiger partial charge in [-0.3, -0.25) is 52.7 Å². The second-order valence-electron chi connectivity index (χ2n) is 24.4. The topological polar surface area (TPSA) is 332 Å². The maximum atomic E-state index is 14.3. The molecule has 1 saturated heterocycles. The molecule has 7 atom stereocenters. The number of aliphatic hydroxyl groups excluding tert-OH is 1. The molecule has 476 valence electrons. The number of nitrogens with zero attached hydrogens (tertiary/aromatic N) is 1. The highest BCUT2D eigenvalue weighted by Crippen LogP contribution is 2.21. The average molecular weight is 1180 g/mol. The van der Waals surface area contributed by atoms with E-state index in [9.17, 15) is 52.7 Å². The first-order valence-corrected chi connectivity index (χ1v) is 30.9. The summed E-state index contributed by atoms with van der Waals surface area (Å²) in [7, 11) is 0. The number of hydrogen-bond acceptors (Lipinski definition) is 13. The van der Waals surface area contributed by atoms with Gasteiger partial charge in [-0.2, -0.15) is 0 Å². The van der Waals surface area contributed by atoms with Crippen LogP contribution in [0.2, 0.25) is 0 Å². The monoisotopic (exact) mass is 1180 g/mol. The lowest BCUT2D eigenvalue weighted by Crippen LogP contribution is -2.65. The Kier molecular flexibility index (Phi) is 36.1. The number of carbonyl (C=O) groups is 11. The van der Waals surface area contributed by atoms with Crippen molar-refractivity contribution < 1.29 is 57.8 Å². The molecule has 1 heterocycles. The van der Waals surface area contributed by atoms with Crippen molar-refractivity contribution in [2.24, 2.45) is 11.8 Å². The first kappa shape index (κ1) is 75.3. The molecule has 1 aliphatic rings. The van der Waals surface area contributed by atoms with Crippen LogP contribution in [0.5, 0.6) is 0 Å². The summed E-state index contributed by atoms with van der Waals surface area (Å²) in [5, 5.41) is 36.8. The van der Waals surface area contributed by atoms with E-state index in [0.717, 1.165) is 44.9 Å². The molecule has 0 radical (unpaired) electrons. The van der Waals surface area contributed by atoms with Crippen molar-refractivity contribution in [1.29, 1.82) is 0 Å². The Balaban J connectivity index is 3.27. The van der Waals surface area contributed by atoms with E-state index in [1.165, 1.54) is 39.5 Å². The fourth-order valence-electron chi connectivity index (χ4n) is 9.49. The number of nitrogens with one attached hydrogen (secondary N) is 10. The van der Waals surface area contributed by atoms with Gasteiger partial charge < -0.3 is 63.2 Å². The lowest BCUT2D eigenvalue weighted by atomic mass is 9.96. The highest BCUT2D eigenvalue weighted by Gasteiger charge is 2.41. The average Bonchev–Trinajstić information content (AvgIpc) is 4.07. The first-order valence-electron chi connectivity index (χ1n) is 30.9. The van der Waals surface area contributed by atoms with Crippen LogP contribution in [0.15, 0.2) is 0 Å². The van der Waals surface area contributed by atoms with Crippen molar-refractivity contribution in [3.63, 3.8) is 0 Å². The van der Waals surface area contributed by atoms with Gasteiger partial charge in [-0.25, -0.2) is 0 Å². The third kappa shape index (κ3) is 30.1. The summed E-state index contributed by atoms with van der Waals surface area (Å²) in [5.74, 6) is -5.70. The zero-order valence-electron chi connectivity index (χ0n) is 52.8. The van der Waals surface area contributed by atoms with E-state index in [0.29, 0.717) is 51.7 Å². The van der Waals surface area contributed by atoms with Gasteiger partial charge in [0, 0.05) is 57.9 Å². The Morgan fingerprint density at radius 1 is 0.530 bits per heavy atom. The lowest BCUT2D eigenvalue weighted by molar-refractivity contribution is -0.141. The fraction of sp³-hybridized carbons (Fsp3) is 0.817. The number of aliphatic hydroxyl groups is 1. The molecule has 11 N–H and O–H groups in total. The maximum Gasteiger partial charge on any atom is 0.246 e. The highest BCUT2D eigenvalue weighted by atomic mass is 16.3. The number of Topliss-reactive ketones (excluding diaryl/α,β-unsaturated/α-hetero) is 1. The Bertz CT molecular complexity index is 2090. The number of amides is 10. The number of likely N-dealkylation sites (tertiary alicyclic amines) is 1. The van der Waals surface area contributed by atoms with Gasteiger partial charge in [0.1, 0.15) is 53.1 Å². The van der Waals surface area contributed by atoms with Crippen LogP contribution in [0.4, 0.5) is 0 Å². The van der Waals surface area contributed by atoms with Crippen LogP contribution < -0.4 is 53.2 Å². The molecule has 0 saturated carbocycles. The number of hydrogen-bond donors (Lipinski definition) is 11. The second kappa shape index (κ2) is 39.8. The van der Waals surface area contributed by atoms with Gasteiger partial charge in [-0.05, 0) is 111 Å². The van der Waals surface area contributed by atoms with Crippen LogP contribution in [0, 0.1) is 11.8 Å². The molecule has 0 spiro atoms. The van der Waals surface area contributed by atoms with Gasteiger partial charge >= 0.3 is 0 Å². The molecular weight excluding hydrogens is 1070 g/mol. The minimum absolute atomic E-state index is 0.00655. The fourth-order valence-corrected chi connectivity index (χ4v) is 9.49. The zero-order valence-corrected chi connectivity index (χ0v) is 52.8. The molecule has 1 aliphatic heterocycles. The van der Waals surface area contributed by atoms with Crippen LogP contribution in [-0.2, 0) is 52.7 Å². The van der Waals surface area contributed by atoms with Gasteiger partial charge in [0.15, 0.2) is 0 Å². The van der Waals surface area contributed by atoms with Crippen LogP contribution in [-0.4, -0.2) is 161 Å². The van der Waals surface area contributed by atoms with E-state index >= 15 is 0 Å². The minimum atomic E-state index is -1.67. The van der Waals surface area contributed by atoms with E-state index < -0.39 is 94.6 Å².